The first-order valence-corrected chi connectivity index (χ1v) is 10.4. The minimum Gasteiger partial charge on any atom is -0.387 e. The molecule has 0 aromatic rings. The maximum Gasteiger partial charge on any atom is 0.263 e. The molecule has 28 heavy (non-hydrogen) atoms. The fourth-order valence-electron chi connectivity index (χ4n) is 5.48. The van der Waals surface area contributed by atoms with Crippen LogP contribution in [0.25, 0.3) is 0 Å². The zero-order valence-electron chi connectivity index (χ0n) is 18.9. The number of carbonyl (C=O) groups excluding carboxylic acids is 1. The van der Waals surface area contributed by atoms with Crippen LogP contribution < -0.4 is 21.3 Å². The molecule has 0 aliphatic carbocycles. The van der Waals surface area contributed by atoms with Crippen molar-refractivity contribution < 1.29 is 4.79 Å². The van der Waals surface area contributed by atoms with E-state index < -0.39 is 0 Å². The second kappa shape index (κ2) is 7.68. The van der Waals surface area contributed by atoms with Crippen LogP contribution in [0.5, 0.6) is 0 Å². The summed E-state index contributed by atoms with van der Waals surface area (Å²) in [7, 11) is 0. The summed E-state index contributed by atoms with van der Waals surface area (Å²) in [5, 5.41) is 23.2. The highest BCUT2D eigenvalue weighted by atomic mass is 16.1. The lowest BCUT2D eigenvalue weighted by atomic mass is 9.79. The molecule has 2 rings (SSSR count). The summed E-state index contributed by atoms with van der Waals surface area (Å²) in [6, 6.07) is 2.34. The average Bonchev–Trinajstić information content (AvgIpc) is 2.40. The topological polar surface area (TPSA) is 89.0 Å². The Labute approximate surface area is 170 Å². The first-order valence-electron chi connectivity index (χ1n) is 10.4. The zero-order chi connectivity index (χ0) is 21.4. The van der Waals surface area contributed by atoms with E-state index in [2.05, 4.69) is 82.7 Å². The zero-order valence-corrected chi connectivity index (χ0v) is 18.9. The van der Waals surface area contributed by atoms with E-state index in [1.54, 1.807) is 6.20 Å². The third-order valence-electron chi connectivity index (χ3n) is 5.54. The van der Waals surface area contributed by atoms with Crippen LogP contribution >= 0.6 is 0 Å². The van der Waals surface area contributed by atoms with Gasteiger partial charge in [-0.15, -0.1) is 0 Å². The van der Waals surface area contributed by atoms with Gasteiger partial charge >= 0.3 is 0 Å². The van der Waals surface area contributed by atoms with Crippen LogP contribution in [0.4, 0.5) is 0 Å². The molecule has 2 saturated heterocycles. The van der Waals surface area contributed by atoms with Crippen molar-refractivity contribution in [1.82, 2.24) is 21.3 Å². The molecule has 0 radical (unpaired) electrons. The number of hydrogen-bond acceptors (Lipinski definition) is 5. The summed E-state index contributed by atoms with van der Waals surface area (Å²) in [6.07, 6.45) is 5.15. The summed E-state index contributed by atoms with van der Waals surface area (Å²) in [4.78, 5) is 12.7. The highest BCUT2D eigenvalue weighted by molar-refractivity contribution is 5.97. The van der Waals surface area contributed by atoms with Crippen LogP contribution in [0.3, 0.4) is 0 Å². The minimum absolute atomic E-state index is 0.00852. The van der Waals surface area contributed by atoms with E-state index in [1.165, 1.54) is 0 Å². The molecular weight excluding hydrogens is 350 g/mol. The third-order valence-corrected chi connectivity index (χ3v) is 5.54. The fourth-order valence-corrected chi connectivity index (χ4v) is 5.48. The normalized spacial score (nSPS) is 26.9. The van der Waals surface area contributed by atoms with Gasteiger partial charge in [-0.1, -0.05) is 0 Å². The number of rotatable bonds is 4. The molecule has 2 heterocycles. The van der Waals surface area contributed by atoms with Gasteiger partial charge < -0.3 is 21.3 Å². The largest absolute Gasteiger partial charge is 0.387 e. The van der Waals surface area contributed by atoms with Crippen molar-refractivity contribution in [3.63, 3.8) is 0 Å². The van der Waals surface area contributed by atoms with Crippen LogP contribution in [0, 0.1) is 11.3 Å². The molecule has 2 fully saturated rings. The maximum atomic E-state index is 12.7. The number of piperidine rings is 2. The number of hydrogen-bond donors (Lipinski definition) is 4. The van der Waals surface area contributed by atoms with Gasteiger partial charge in [0.1, 0.15) is 11.6 Å². The number of nitriles is 1. The van der Waals surface area contributed by atoms with Crippen LogP contribution in [-0.2, 0) is 4.79 Å². The van der Waals surface area contributed by atoms with Gasteiger partial charge in [0.15, 0.2) is 0 Å². The van der Waals surface area contributed by atoms with Gasteiger partial charge in [-0.05, 0) is 81.1 Å². The van der Waals surface area contributed by atoms with Gasteiger partial charge in [-0.25, -0.2) is 0 Å². The SMILES string of the molecule is CC1(C)CC(NC=C(C#N)C(=O)NC2CC(C)(C)NC(C)(C)C2)CC(C)(C)N1. The molecule has 0 saturated carbocycles. The van der Waals surface area contributed by atoms with Gasteiger partial charge in [0.25, 0.3) is 5.91 Å². The number of carbonyl (C=O) groups is 1. The summed E-state index contributed by atoms with van der Waals surface area (Å²) in [6.45, 7) is 17.3. The van der Waals surface area contributed by atoms with E-state index in [-0.39, 0.29) is 45.7 Å². The van der Waals surface area contributed by atoms with Crippen molar-refractivity contribution in [2.45, 2.75) is 115 Å². The number of nitrogens with zero attached hydrogens (tertiary/aromatic N) is 1. The summed E-state index contributed by atoms with van der Waals surface area (Å²) >= 11 is 0. The van der Waals surface area contributed by atoms with E-state index in [0.29, 0.717) is 0 Å². The fraction of sp³-hybridized carbons (Fsp3) is 0.818. The number of amides is 1. The van der Waals surface area contributed by atoms with Gasteiger partial charge in [-0.2, -0.15) is 5.26 Å². The molecule has 0 aromatic carbocycles. The summed E-state index contributed by atoms with van der Waals surface area (Å²) in [5.74, 6) is -0.291. The minimum atomic E-state index is -0.291. The van der Waals surface area contributed by atoms with Crippen LogP contribution in [0.15, 0.2) is 11.8 Å². The number of nitrogens with one attached hydrogen (secondary N) is 4. The Morgan fingerprint density at radius 3 is 1.64 bits per heavy atom. The summed E-state index contributed by atoms with van der Waals surface area (Å²) in [5.41, 5.74) is 0.0493. The molecule has 2 aliphatic heterocycles. The highest BCUT2D eigenvalue weighted by Crippen LogP contribution is 2.29. The smallest absolute Gasteiger partial charge is 0.263 e. The monoisotopic (exact) mass is 389 g/mol. The van der Waals surface area contributed by atoms with Crippen molar-refractivity contribution in [3.8, 4) is 6.07 Å². The van der Waals surface area contributed by atoms with Crippen molar-refractivity contribution in [3.05, 3.63) is 11.8 Å². The van der Waals surface area contributed by atoms with Crippen molar-refractivity contribution in [2.24, 2.45) is 0 Å². The Kier molecular flexibility index (Phi) is 6.23. The molecular formula is C22H39N5O. The Bertz CT molecular complexity index is 637. The van der Waals surface area contributed by atoms with E-state index in [1.807, 2.05) is 0 Å². The molecule has 158 valence electrons. The molecule has 6 heteroatoms. The second-order valence-electron chi connectivity index (χ2n) is 11.3. The third kappa shape index (κ3) is 6.49. The molecule has 4 N–H and O–H groups in total. The van der Waals surface area contributed by atoms with Gasteiger partial charge in [-0.3, -0.25) is 4.79 Å². The maximum absolute atomic E-state index is 12.7. The van der Waals surface area contributed by atoms with Crippen LogP contribution in [0.2, 0.25) is 0 Å². The van der Waals surface area contributed by atoms with Gasteiger partial charge in [0.2, 0.25) is 0 Å². The quantitative estimate of drug-likeness (QED) is 0.439. The lowest BCUT2D eigenvalue weighted by Gasteiger charge is -2.46. The van der Waals surface area contributed by atoms with Crippen LogP contribution in [-0.4, -0.2) is 40.1 Å². The van der Waals surface area contributed by atoms with Crippen molar-refractivity contribution >= 4 is 5.91 Å². The Morgan fingerprint density at radius 1 is 0.857 bits per heavy atom. The standard InChI is InChI=1S/C22H39N5O/c1-19(2)9-16(10-20(3,4)26-19)24-14-15(13-23)18(28)25-17-11-21(5,6)27-22(7,8)12-17/h14,16-17,24,26-27H,9-12H2,1-8H3,(H,25,28). The molecule has 6 nitrogen and oxygen atoms in total. The lowest BCUT2D eigenvalue weighted by Crippen LogP contribution is -2.62. The molecule has 0 spiro atoms. The van der Waals surface area contributed by atoms with E-state index in [4.69, 9.17) is 0 Å². The predicted molar refractivity (Wildman–Crippen MR) is 114 cm³/mol. The van der Waals surface area contributed by atoms with E-state index >= 15 is 0 Å². The van der Waals surface area contributed by atoms with Gasteiger partial charge in [0, 0.05) is 40.4 Å². The van der Waals surface area contributed by atoms with Crippen LogP contribution in [0.1, 0.15) is 81.1 Å². The Morgan fingerprint density at radius 2 is 1.25 bits per heavy atom. The highest BCUT2D eigenvalue weighted by Gasteiger charge is 2.39. The van der Waals surface area contributed by atoms with E-state index in [9.17, 15) is 10.1 Å². The molecule has 2 aliphatic rings. The van der Waals surface area contributed by atoms with E-state index in [0.717, 1.165) is 25.7 Å². The van der Waals surface area contributed by atoms with Crippen molar-refractivity contribution in [1.29, 1.82) is 5.26 Å². The second-order valence-corrected chi connectivity index (χ2v) is 11.3. The molecule has 0 atom stereocenters. The molecule has 0 aromatic heterocycles. The lowest BCUT2D eigenvalue weighted by molar-refractivity contribution is -0.118. The first kappa shape index (κ1) is 22.7. The Balaban J connectivity index is 2.02. The average molecular weight is 390 g/mol. The molecule has 0 bridgehead atoms. The Hall–Kier alpha value is -1.58. The van der Waals surface area contributed by atoms with Gasteiger partial charge in [0.05, 0.1) is 0 Å². The predicted octanol–water partition coefficient (Wildman–Crippen LogP) is 2.72. The summed E-state index contributed by atoms with van der Waals surface area (Å²) < 4.78 is 0. The molecule has 0 unspecified atom stereocenters. The van der Waals surface area contributed by atoms with Crippen molar-refractivity contribution in [2.75, 3.05) is 0 Å². The molecule has 1 amide bonds. The first-order chi connectivity index (χ1) is 12.6.